The lowest BCUT2D eigenvalue weighted by atomic mass is 10.1. The number of ether oxygens (including phenoxy) is 1. The van der Waals surface area contributed by atoms with Gasteiger partial charge in [-0.15, -0.1) is 0 Å². The molecule has 3 fully saturated rings. The van der Waals surface area contributed by atoms with Gasteiger partial charge in [0.15, 0.2) is 17.0 Å². The van der Waals surface area contributed by atoms with Crippen molar-refractivity contribution < 1.29 is 9.84 Å². The number of nitrogens with zero attached hydrogens (tertiary/aromatic N) is 9. The van der Waals surface area contributed by atoms with Gasteiger partial charge in [-0.3, -0.25) is 14.4 Å². The first kappa shape index (κ1) is 24.0. The second-order valence-electron chi connectivity index (χ2n) is 10.7. The summed E-state index contributed by atoms with van der Waals surface area (Å²) >= 11 is 0. The van der Waals surface area contributed by atoms with Gasteiger partial charge in [0, 0.05) is 58.8 Å². The summed E-state index contributed by atoms with van der Waals surface area (Å²) < 4.78 is 9.86. The maximum Gasteiger partial charge on any atom is 0.239 e. The fourth-order valence-electron chi connectivity index (χ4n) is 6.06. The van der Waals surface area contributed by atoms with Crippen LogP contribution in [0.4, 0.5) is 5.82 Å². The molecule has 0 saturated carbocycles. The monoisotopic (exact) mass is 517 g/mol. The Hall–Kier alpha value is -3.12. The minimum absolute atomic E-state index is 0.170. The van der Waals surface area contributed by atoms with Crippen LogP contribution in [0.2, 0.25) is 0 Å². The lowest BCUT2D eigenvalue weighted by Crippen LogP contribution is -2.58. The quantitative estimate of drug-likeness (QED) is 0.406. The van der Waals surface area contributed by atoms with Gasteiger partial charge in [0.1, 0.15) is 11.6 Å². The molecule has 200 valence electrons. The molecule has 7 rings (SSSR count). The summed E-state index contributed by atoms with van der Waals surface area (Å²) in [6.07, 6.45) is 1.50. The molecule has 3 aliphatic rings. The first-order valence-corrected chi connectivity index (χ1v) is 13.8. The Morgan fingerprint density at radius 2 is 1.79 bits per heavy atom. The van der Waals surface area contributed by atoms with Crippen molar-refractivity contribution >= 4 is 28.0 Å². The van der Waals surface area contributed by atoms with Gasteiger partial charge in [-0.1, -0.05) is 19.1 Å². The Bertz CT molecular complexity index is 1470. The summed E-state index contributed by atoms with van der Waals surface area (Å²) in [5, 5.41) is 9.90. The van der Waals surface area contributed by atoms with Crippen molar-refractivity contribution in [1.29, 1.82) is 0 Å². The van der Waals surface area contributed by atoms with Gasteiger partial charge in [0.05, 0.1) is 36.9 Å². The average Bonchev–Trinajstić information content (AvgIpc) is 3.61. The molecule has 3 saturated heterocycles. The van der Waals surface area contributed by atoms with Gasteiger partial charge >= 0.3 is 0 Å². The van der Waals surface area contributed by atoms with E-state index in [1.54, 1.807) is 0 Å². The number of hydrogen-bond donors (Lipinski definition) is 1. The van der Waals surface area contributed by atoms with Crippen LogP contribution in [0.5, 0.6) is 0 Å². The number of β-amino-alcohol motifs (C(OH)–C–C–N with tert-alkyl or cyclic N) is 1. The number of aliphatic hydroxyl groups excluding tert-OH is 1. The van der Waals surface area contributed by atoms with Gasteiger partial charge < -0.3 is 19.3 Å². The summed E-state index contributed by atoms with van der Waals surface area (Å²) in [6.45, 7) is 9.59. The van der Waals surface area contributed by atoms with E-state index in [-0.39, 0.29) is 6.10 Å². The third-order valence-corrected chi connectivity index (χ3v) is 8.25. The van der Waals surface area contributed by atoms with E-state index in [1.165, 1.54) is 0 Å². The highest BCUT2D eigenvalue weighted by atomic mass is 16.5. The van der Waals surface area contributed by atoms with Gasteiger partial charge in [-0.25, -0.2) is 9.97 Å². The van der Waals surface area contributed by atoms with E-state index in [1.807, 2.05) is 18.2 Å². The van der Waals surface area contributed by atoms with E-state index < -0.39 is 0 Å². The molecule has 38 heavy (non-hydrogen) atoms. The molecular weight excluding hydrogens is 482 g/mol. The largest absolute Gasteiger partial charge is 0.392 e. The predicted octanol–water partition coefficient (Wildman–Crippen LogP) is 1.35. The Morgan fingerprint density at radius 1 is 0.974 bits per heavy atom. The minimum Gasteiger partial charge on any atom is -0.392 e. The smallest absolute Gasteiger partial charge is 0.239 e. The number of fused-ring (bicyclic) bond motifs is 2. The van der Waals surface area contributed by atoms with Crippen molar-refractivity contribution in [2.24, 2.45) is 7.05 Å². The normalized spacial score (nSPS) is 21.7. The number of para-hydroxylation sites is 2. The van der Waals surface area contributed by atoms with Crippen LogP contribution in [0.1, 0.15) is 25.0 Å². The Kier molecular flexibility index (Phi) is 6.03. The number of imidazole rings is 2. The zero-order valence-corrected chi connectivity index (χ0v) is 22.1. The molecule has 0 spiro atoms. The molecular formula is C27H35N9O2. The van der Waals surface area contributed by atoms with Gasteiger partial charge in [0.2, 0.25) is 5.95 Å². The number of hydrogen-bond acceptors (Lipinski definition) is 9. The first-order chi connectivity index (χ1) is 18.6. The zero-order chi connectivity index (χ0) is 25.8. The van der Waals surface area contributed by atoms with Crippen LogP contribution >= 0.6 is 0 Å². The van der Waals surface area contributed by atoms with Crippen molar-refractivity contribution in [1.82, 2.24) is 38.9 Å². The van der Waals surface area contributed by atoms with E-state index in [4.69, 9.17) is 24.7 Å². The number of anilines is 1. The predicted molar refractivity (Wildman–Crippen MR) is 145 cm³/mol. The highest BCUT2D eigenvalue weighted by molar-refractivity contribution is 5.86. The molecule has 11 nitrogen and oxygen atoms in total. The van der Waals surface area contributed by atoms with E-state index in [9.17, 15) is 5.11 Å². The summed E-state index contributed by atoms with van der Waals surface area (Å²) in [4.78, 5) is 27.3. The molecule has 0 radical (unpaired) electrons. The van der Waals surface area contributed by atoms with E-state index in [2.05, 4.69) is 43.9 Å². The fourth-order valence-corrected chi connectivity index (χ4v) is 6.06. The fraction of sp³-hybridized carbons (Fsp3) is 0.556. The van der Waals surface area contributed by atoms with E-state index >= 15 is 0 Å². The van der Waals surface area contributed by atoms with Crippen molar-refractivity contribution in [3.8, 4) is 5.95 Å². The number of morpholine rings is 1. The molecule has 0 aliphatic carbocycles. The second-order valence-corrected chi connectivity index (χ2v) is 10.7. The number of rotatable bonds is 6. The van der Waals surface area contributed by atoms with Crippen molar-refractivity contribution in [2.45, 2.75) is 38.5 Å². The van der Waals surface area contributed by atoms with Gasteiger partial charge in [0.25, 0.3) is 0 Å². The average molecular weight is 518 g/mol. The molecule has 0 amide bonds. The maximum absolute atomic E-state index is 9.90. The lowest BCUT2D eigenvalue weighted by Gasteiger charge is -2.43. The Labute approximate surface area is 221 Å². The second kappa shape index (κ2) is 9.57. The number of aryl methyl sites for hydroxylation is 2. The van der Waals surface area contributed by atoms with Crippen molar-refractivity contribution in [3.63, 3.8) is 0 Å². The number of aliphatic hydroxyl groups is 1. The SMILES string of the molecule is CCc1nc2ccccc2n1-c1nc(N2CCOCC2)c2nc(CN3CC(N4CCC(O)C4)C3)n(C)c2n1. The van der Waals surface area contributed by atoms with Crippen LogP contribution in [0.3, 0.4) is 0 Å². The van der Waals surface area contributed by atoms with E-state index in [0.717, 1.165) is 98.3 Å². The third kappa shape index (κ3) is 4.05. The van der Waals surface area contributed by atoms with Gasteiger partial charge in [-0.2, -0.15) is 9.97 Å². The molecule has 11 heteroatoms. The topological polar surface area (TPSA) is 101 Å². The zero-order valence-electron chi connectivity index (χ0n) is 22.1. The molecule has 6 heterocycles. The standard InChI is InChI=1S/C27H35N9O2/c1-3-22-28-20-6-4-5-7-21(20)36(22)27-30-25-24(26(31-27)34-10-12-38-13-11-34)29-23(32(25)2)17-33-14-18(15-33)35-9-8-19(37)16-35/h4-7,18-19,37H,3,8-17H2,1-2H3. The van der Waals surface area contributed by atoms with E-state index in [0.29, 0.717) is 25.2 Å². The van der Waals surface area contributed by atoms with Crippen LogP contribution in [-0.4, -0.2) is 109 Å². The molecule has 3 aromatic heterocycles. The highest BCUT2D eigenvalue weighted by Gasteiger charge is 2.36. The summed E-state index contributed by atoms with van der Waals surface area (Å²) in [5.41, 5.74) is 3.64. The molecule has 1 N–H and O–H groups in total. The molecule has 1 atom stereocenters. The lowest BCUT2D eigenvalue weighted by molar-refractivity contribution is 0.0326. The van der Waals surface area contributed by atoms with Gasteiger partial charge in [-0.05, 0) is 18.6 Å². The number of likely N-dealkylation sites (tertiary alicyclic amines) is 2. The van der Waals surface area contributed by atoms with Crippen LogP contribution in [0.15, 0.2) is 24.3 Å². The van der Waals surface area contributed by atoms with Crippen LogP contribution in [0.25, 0.3) is 28.1 Å². The van der Waals surface area contributed by atoms with Crippen LogP contribution < -0.4 is 4.90 Å². The number of benzene rings is 1. The molecule has 3 aliphatic heterocycles. The van der Waals surface area contributed by atoms with Crippen LogP contribution in [-0.2, 0) is 24.8 Å². The highest BCUT2D eigenvalue weighted by Crippen LogP contribution is 2.29. The van der Waals surface area contributed by atoms with Crippen LogP contribution in [0, 0.1) is 0 Å². The van der Waals surface area contributed by atoms with Crippen molar-refractivity contribution in [3.05, 3.63) is 35.9 Å². The minimum atomic E-state index is -0.170. The molecule has 0 bridgehead atoms. The molecule has 1 aromatic carbocycles. The Balaban J connectivity index is 1.26. The maximum atomic E-state index is 9.90. The molecule has 1 unspecified atom stereocenters. The Morgan fingerprint density at radius 3 is 2.55 bits per heavy atom. The van der Waals surface area contributed by atoms with Crippen molar-refractivity contribution in [2.75, 3.05) is 57.4 Å². The first-order valence-electron chi connectivity index (χ1n) is 13.8. The third-order valence-electron chi connectivity index (χ3n) is 8.25. The summed E-state index contributed by atoms with van der Waals surface area (Å²) in [7, 11) is 2.06. The summed E-state index contributed by atoms with van der Waals surface area (Å²) in [6, 6.07) is 8.70. The summed E-state index contributed by atoms with van der Waals surface area (Å²) in [5.74, 6) is 3.44. The molecule has 4 aromatic rings. The number of aromatic nitrogens is 6.